The highest BCUT2D eigenvalue weighted by molar-refractivity contribution is 7.45. The molecule has 25 heavy (non-hydrogen) atoms. The first-order chi connectivity index (χ1) is 11.5. The molecule has 9 N–H and O–H groups in total. The fourth-order valence-corrected chi connectivity index (χ4v) is 1.65. The van der Waals surface area contributed by atoms with Crippen molar-refractivity contribution in [3.05, 3.63) is 29.6 Å². The molecule has 0 aliphatic rings. The zero-order chi connectivity index (χ0) is 19.6. The smallest absolute Gasteiger partial charge is 0.341 e. The lowest BCUT2D eigenvalue weighted by Crippen LogP contribution is -2.47. The van der Waals surface area contributed by atoms with Crippen LogP contribution in [0.15, 0.2) is 24.4 Å². The molecule has 0 bridgehead atoms. The van der Waals surface area contributed by atoms with Crippen LogP contribution in [0.1, 0.15) is 6.92 Å². The maximum Gasteiger partial charge on any atom is 0.341 e. The first-order valence-corrected chi connectivity index (χ1v) is 8.17. The number of hydrogen-bond donors (Lipinski definition) is 7. The molecule has 0 aromatic carbocycles. The Balaban J connectivity index is 5.06. The first-order valence-electron chi connectivity index (χ1n) is 6.74. The van der Waals surface area contributed by atoms with Crippen LogP contribution in [0.3, 0.4) is 0 Å². The van der Waals surface area contributed by atoms with E-state index in [2.05, 4.69) is 22.5 Å². The van der Waals surface area contributed by atoms with Crippen molar-refractivity contribution in [1.82, 2.24) is 16.0 Å². The van der Waals surface area contributed by atoms with Gasteiger partial charge in [-0.1, -0.05) is 18.7 Å². The van der Waals surface area contributed by atoms with Crippen molar-refractivity contribution >= 4 is 32.1 Å². The van der Waals surface area contributed by atoms with Gasteiger partial charge in [0.25, 0.3) is 5.91 Å². The molecule has 13 heteroatoms. The average Bonchev–Trinajstić information content (AvgIpc) is 2.50. The third kappa shape index (κ3) is 9.91. The van der Waals surface area contributed by atoms with E-state index in [-0.39, 0.29) is 17.0 Å². The van der Waals surface area contributed by atoms with Gasteiger partial charge >= 0.3 is 5.96 Å². The minimum Gasteiger partial charge on any atom is -0.744 e. The normalized spacial score (nSPS) is 11.7. The Labute approximate surface area is 144 Å². The second kappa shape index (κ2) is 11.0. The number of hydroxylamine groups is 1. The Hall–Kier alpha value is -2.69. The molecule has 0 aromatic heterocycles. The summed E-state index contributed by atoms with van der Waals surface area (Å²) < 4.78 is 0.240. The summed E-state index contributed by atoms with van der Waals surface area (Å²) in [7, 11) is -2.37. The van der Waals surface area contributed by atoms with Gasteiger partial charge in [-0.15, -0.1) is 0 Å². The van der Waals surface area contributed by atoms with Crippen molar-refractivity contribution < 1.29 is 28.9 Å². The monoisotopic (exact) mass is 376 g/mol. The van der Waals surface area contributed by atoms with Gasteiger partial charge < -0.3 is 30.9 Å². The lowest BCUT2D eigenvalue weighted by atomic mass is 10.2. The van der Waals surface area contributed by atoms with E-state index in [0.717, 1.165) is 0 Å². The van der Waals surface area contributed by atoms with Crippen molar-refractivity contribution in [3.8, 4) is 0 Å². The molecule has 0 radical (unpaired) electrons. The quantitative estimate of drug-likeness (QED) is 0.0318. The number of nitrogens with two attached hydrogens (primary N) is 2. The molecule has 0 spiro atoms. The van der Waals surface area contributed by atoms with E-state index in [9.17, 15) is 19.6 Å². The SMILES string of the molecule is C=C(NC(C)=O)C(=O)NC(/C=C/C[N+]([O-])=C(N)N)C(=O)NCP(O)O. The van der Waals surface area contributed by atoms with Crippen LogP contribution in [0, 0.1) is 5.21 Å². The van der Waals surface area contributed by atoms with Gasteiger partial charge in [0, 0.05) is 6.92 Å². The van der Waals surface area contributed by atoms with Gasteiger partial charge in [-0.05, 0) is 0 Å². The lowest BCUT2D eigenvalue weighted by Gasteiger charge is -2.17. The Morgan fingerprint density at radius 1 is 1.36 bits per heavy atom. The van der Waals surface area contributed by atoms with Crippen molar-refractivity contribution in [2.75, 3.05) is 12.8 Å². The molecule has 12 nitrogen and oxygen atoms in total. The third-order valence-corrected chi connectivity index (χ3v) is 2.89. The summed E-state index contributed by atoms with van der Waals surface area (Å²) >= 11 is 0. The number of amides is 3. The molecular weight excluding hydrogens is 355 g/mol. The standard InChI is InChI=1S/C12H21N6O6P/c1-7(16-8(2)19)10(20)17-9(11(21)15-6-25(23)24)4-3-5-18(22)12(13)14/h3-4,9,23-24H,1,5-6,13-14H2,2H3,(H,15,21)(H,16,19)(H,17,20)/b4-3+. The zero-order valence-corrected chi connectivity index (χ0v) is 14.3. The van der Waals surface area contributed by atoms with E-state index < -0.39 is 44.4 Å². The summed E-state index contributed by atoms with van der Waals surface area (Å²) in [4.78, 5) is 52.4. The topological polar surface area (TPSA) is 206 Å². The maximum absolute atomic E-state index is 12.0. The second-order valence-corrected chi connectivity index (χ2v) is 5.66. The van der Waals surface area contributed by atoms with E-state index >= 15 is 0 Å². The van der Waals surface area contributed by atoms with Crippen LogP contribution in [-0.2, 0) is 14.4 Å². The van der Waals surface area contributed by atoms with Crippen molar-refractivity contribution in [1.29, 1.82) is 0 Å². The summed E-state index contributed by atoms with van der Waals surface area (Å²) in [6.07, 6.45) is 1.97. The number of nitrogens with zero attached hydrogens (tertiary/aromatic N) is 1. The van der Waals surface area contributed by atoms with Crippen LogP contribution in [0.2, 0.25) is 0 Å². The van der Waals surface area contributed by atoms with E-state index in [1.165, 1.54) is 19.1 Å². The molecule has 3 amide bonds. The van der Waals surface area contributed by atoms with Crippen LogP contribution in [0.4, 0.5) is 0 Å². The van der Waals surface area contributed by atoms with Gasteiger partial charge in [0.1, 0.15) is 6.04 Å². The first kappa shape index (κ1) is 22.3. The Morgan fingerprint density at radius 2 is 1.96 bits per heavy atom. The molecule has 0 aliphatic heterocycles. The van der Waals surface area contributed by atoms with Crippen LogP contribution < -0.4 is 27.4 Å². The number of nitrogens with one attached hydrogen (secondary N) is 3. The molecule has 0 heterocycles. The van der Waals surface area contributed by atoms with Gasteiger partial charge in [0.15, 0.2) is 8.38 Å². The van der Waals surface area contributed by atoms with Crippen molar-refractivity contribution in [2.24, 2.45) is 11.5 Å². The maximum atomic E-state index is 12.0. The molecule has 0 aliphatic carbocycles. The second-order valence-electron chi connectivity index (χ2n) is 4.60. The molecule has 0 fully saturated rings. The Kier molecular flexibility index (Phi) is 9.79. The minimum absolute atomic E-state index is 0.240. The van der Waals surface area contributed by atoms with Crippen LogP contribution in [-0.4, -0.2) is 57.1 Å². The van der Waals surface area contributed by atoms with E-state index in [0.29, 0.717) is 0 Å². The number of rotatable bonds is 9. The number of carbonyl (C=O) groups is 3. The predicted octanol–water partition coefficient (Wildman–Crippen LogP) is -3.17. The van der Waals surface area contributed by atoms with E-state index in [1.807, 2.05) is 0 Å². The molecule has 0 saturated carbocycles. The third-order valence-electron chi connectivity index (χ3n) is 2.45. The largest absolute Gasteiger partial charge is 0.744 e. The van der Waals surface area contributed by atoms with Gasteiger partial charge in [0.2, 0.25) is 11.8 Å². The van der Waals surface area contributed by atoms with Gasteiger partial charge in [0.05, 0.1) is 18.5 Å². The van der Waals surface area contributed by atoms with Crippen molar-refractivity contribution in [2.45, 2.75) is 13.0 Å². The molecule has 0 saturated heterocycles. The van der Waals surface area contributed by atoms with Crippen LogP contribution in [0.25, 0.3) is 0 Å². The lowest BCUT2D eigenvalue weighted by molar-refractivity contribution is -0.447. The number of guanidine groups is 1. The highest BCUT2D eigenvalue weighted by atomic mass is 31.2. The highest BCUT2D eigenvalue weighted by Gasteiger charge is 2.20. The zero-order valence-electron chi connectivity index (χ0n) is 13.4. The summed E-state index contributed by atoms with van der Waals surface area (Å²) in [5.74, 6) is -2.64. The molecule has 140 valence electrons. The summed E-state index contributed by atoms with van der Waals surface area (Å²) in [5, 5.41) is 17.8. The molecule has 1 unspecified atom stereocenters. The minimum atomic E-state index is -2.37. The summed E-state index contributed by atoms with van der Waals surface area (Å²) in [6.45, 7) is 4.22. The Bertz CT molecular complexity index is 587. The average molecular weight is 376 g/mol. The Morgan fingerprint density at radius 3 is 2.44 bits per heavy atom. The van der Waals surface area contributed by atoms with Crippen LogP contribution in [0.5, 0.6) is 0 Å². The van der Waals surface area contributed by atoms with E-state index in [1.54, 1.807) is 0 Å². The molecule has 0 rings (SSSR count). The van der Waals surface area contributed by atoms with E-state index in [4.69, 9.17) is 21.3 Å². The van der Waals surface area contributed by atoms with Gasteiger partial charge in [-0.25, -0.2) is 0 Å². The fraction of sp³-hybridized carbons (Fsp3) is 0.333. The molecule has 1 atom stereocenters. The van der Waals surface area contributed by atoms with Gasteiger partial charge in [-0.3, -0.25) is 30.6 Å². The summed E-state index contributed by atoms with van der Waals surface area (Å²) in [6, 6.07) is -1.28. The molecular formula is C12H21N6O6P. The fourth-order valence-electron chi connectivity index (χ4n) is 1.36. The van der Waals surface area contributed by atoms with Crippen LogP contribution >= 0.6 is 8.38 Å². The highest BCUT2D eigenvalue weighted by Crippen LogP contribution is 2.19. The van der Waals surface area contributed by atoms with Crippen molar-refractivity contribution in [3.63, 3.8) is 0 Å². The predicted molar refractivity (Wildman–Crippen MR) is 90.3 cm³/mol. The number of hydrogen-bond acceptors (Lipinski definition) is 6. The van der Waals surface area contributed by atoms with Gasteiger partial charge in [-0.2, -0.15) is 0 Å². The molecule has 0 aromatic rings. The number of carbonyl (C=O) groups excluding carboxylic acids is 3. The summed E-state index contributed by atoms with van der Waals surface area (Å²) in [5.41, 5.74) is 9.86.